The third-order valence-electron chi connectivity index (χ3n) is 5.22. The second kappa shape index (κ2) is 8.70. The number of hydrogen-bond donors (Lipinski definition) is 1. The Bertz CT molecular complexity index is 1090. The molecule has 3 rings (SSSR count). The number of aromatic nitrogens is 2. The summed E-state index contributed by atoms with van der Waals surface area (Å²) in [5.41, 5.74) is 2.65. The lowest BCUT2D eigenvalue weighted by atomic mass is 9.89. The van der Waals surface area contributed by atoms with Gasteiger partial charge in [-0.3, -0.25) is 0 Å². The maximum absolute atomic E-state index is 14.4. The van der Waals surface area contributed by atoms with E-state index in [1.807, 2.05) is 0 Å². The molecule has 3 nitrogen and oxygen atoms in total. The Balaban J connectivity index is 1.94. The van der Waals surface area contributed by atoms with Gasteiger partial charge in [-0.15, -0.1) is 0 Å². The van der Waals surface area contributed by atoms with Crippen molar-refractivity contribution in [3.63, 3.8) is 0 Å². The number of allylic oxidation sites excluding steroid dienone is 2. The molecular weight excluding hydrogens is 437 g/mol. The van der Waals surface area contributed by atoms with Crippen LogP contribution in [-0.2, 0) is 6.18 Å². The third kappa shape index (κ3) is 4.58. The van der Waals surface area contributed by atoms with Gasteiger partial charge >= 0.3 is 6.18 Å². The first-order chi connectivity index (χ1) is 14.5. The van der Waals surface area contributed by atoms with E-state index in [4.69, 9.17) is 11.6 Å². The number of hydrogen-bond acceptors (Lipinski definition) is 2. The molecule has 1 aliphatic heterocycles. The number of rotatable bonds is 4. The van der Waals surface area contributed by atoms with Gasteiger partial charge in [-0.2, -0.15) is 13.2 Å². The first-order valence-electron chi connectivity index (χ1n) is 9.23. The van der Waals surface area contributed by atoms with Gasteiger partial charge in [0.2, 0.25) is 0 Å². The zero-order valence-electron chi connectivity index (χ0n) is 16.6. The summed E-state index contributed by atoms with van der Waals surface area (Å²) in [5.74, 6) is -1.21. The van der Waals surface area contributed by atoms with E-state index in [9.17, 15) is 22.0 Å². The first kappa shape index (κ1) is 22.8. The summed E-state index contributed by atoms with van der Waals surface area (Å²) >= 11 is 5.91. The molecule has 0 unspecified atom stereocenters. The van der Waals surface area contributed by atoms with Crippen molar-refractivity contribution in [3.05, 3.63) is 83.4 Å². The third-order valence-corrected chi connectivity index (χ3v) is 5.49. The number of alkyl halides is 3. The van der Waals surface area contributed by atoms with E-state index in [0.717, 1.165) is 16.7 Å². The summed E-state index contributed by atoms with van der Waals surface area (Å²) in [6, 6.07) is 2.15. The minimum absolute atomic E-state index is 0.112. The second-order valence-electron chi connectivity index (χ2n) is 7.11. The Morgan fingerprint density at radius 1 is 1.35 bits per heavy atom. The number of halogens is 6. The quantitative estimate of drug-likeness (QED) is 0.510. The van der Waals surface area contributed by atoms with Crippen molar-refractivity contribution >= 4 is 28.0 Å². The lowest BCUT2D eigenvalue weighted by Crippen LogP contribution is -2.34. The van der Waals surface area contributed by atoms with Crippen LogP contribution in [-0.4, -0.2) is 23.1 Å². The predicted molar refractivity (Wildman–Crippen MR) is 113 cm³/mol. The fourth-order valence-corrected chi connectivity index (χ4v) is 3.60. The van der Waals surface area contributed by atoms with Gasteiger partial charge in [-0.25, -0.2) is 13.8 Å². The Kier molecular flexibility index (Phi) is 6.40. The van der Waals surface area contributed by atoms with Crippen LogP contribution in [0.2, 0.25) is 0 Å². The maximum atomic E-state index is 14.4. The first-order valence-corrected chi connectivity index (χ1v) is 9.61. The predicted octanol–water partition coefficient (Wildman–Crippen LogP) is 6.87. The Morgan fingerprint density at radius 2 is 2.06 bits per heavy atom. The molecular formula is C22H19ClF5N3. The second-order valence-corrected chi connectivity index (χ2v) is 7.51. The van der Waals surface area contributed by atoms with Crippen molar-refractivity contribution in [1.29, 1.82) is 0 Å². The molecule has 1 N–H and O–H groups in total. The topological polar surface area (TPSA) is 31.9 Å². The zero-order valence-corrected chi connectivity index (χ0v) is 17.3. The molecule has 1 saturated heterocycles. The number of nitrogens with zero attached hydrogens (tertiary/aromatic N) is 2. The van der Waals surface area contributed by atoms with E-state index in [0.29, 0.717) is 42.1 Å². The molecule has 164 valence electrons. The largest absolute Gasteiger partial charge is 0.417 e. The molecule has 0 amide bonds. The van der Waals surface area contributed by atoms with Crippen LogP contribution in [0.3, 0.4) is 0 Å². The normalized spacial score (nSPS) is 17.2. The average Bonchev–Trinajstić information content (AvgIpc) is 3.22. The summed E-state index contributed by atoms with van der Waals surface area (Å²) in [5, 5.41) is -0.112. The molecule has 0 atom stereocenters. The van der Waals surface area contributed by atoms with E-state index in [1.54, 1.807) is 24.1 Å². The molecule has 0 aromatic carbocycles. The number of pyridine rings is 1. The Morgan fingerprint density at radius 3 is 2.68 bits per heavy atom. The highest BCUT2D eigenvalue weighted by Gasteiger charge is 2.33. The highest BCUT2D eigenvalue weighted by atomic mass is 35.5. The van der Waals surface area contributed by atoms with E-state index in [1.165, 1.54) is 0 Å². The van der Waals surface area contributed by atoms with Crippen LogP contribution in [0.5, 0.6) is 0 Å². The van der Waals surface area contributed by atoms with Gasteiger partial charge in [0.05, 0.1) is 16.3 Å². The van der Waals surface area contributed by atoms with Crippen LogP contribution in [0.1, 0.15) is 30.2 Å². The number of nitrogens with one attached hydrogen (secondary N) is 1. The Labute approximate surface area is 181 Å². The van der Waals surface area contributed by atoms with Crippen molar-refractivity contribution < 1.29 is 22.0 Å². The monoisotopic (exact) mass is 455 g/mol. The molecule has 1 fully saturated rings. The number of piperidine rings is 1. The standard InChI is InChI=1S/C22H19ClF5N3/c1-12-5-7-31(21-19(25)8-15(10-30-21)22(26,27)28)11-17(12)14(3)13(2)16-4-6-29-20(16)18(23)9-24/h4,6,8-10,29H,1-2,5,7,11H2,3H3/b17-14+,18-9+. The van der Waals surface area contributed by atoms with Crippen molar-refractivity contribution in [2.24, 2.45) is 0 Å². The molecule has 0 aliphatic carbocycles. The number of anilines is 1. The van der Waals surface area contributed by atoms with Crippen molar-refractivity contribution in [1.82, 2.24) is 9.97 Å². The molecule has 9 heteroatoms. The van der Waals surface area contributed by atoms with Gasteiger partial charge < -0.3 is 9.88 Å². The van der Waals surface area contributed by atoms with E-state index in [-0.39, 0.29) is 23.7 Å². The highest BCUT2D eigenvalue weighted by Crippen LogP contribution is 2.36. The lowest BCUT2D eigenvalue weighted by Gasteiger charge is -2.33. The van der Waals surface area contributed by atoms with E-state index < -0.39 is 17.6 Å². The van der Waals surface area contributed by atoms with Gasteiger partial charge in [-0.1, -0.05) is 24.8 Å². The average molecular weight is 456 g/mol. The fourth-order valence-electron chi connectivity index (χ4n) is 3.44. The van der Waals surface area contributed by atoms with Gasteiger partial charge in [-0.05, 0) is 47.8 Å². The summed E-state index contributed by atoms with van der Waals surface area (Å²) < 4.78 is 65.8. The van der Waals surface area contributed by atoms with Gasteiger partial charge in [0.15, 0.2) is 11.6 Å². The molecule has 2 aromatic heterocycles. The summed E-state index contributed by atoms with van der Waals surface area (Å²) in [6.45, 7) is 10.5. The SMILES string of the molecule is C=C1CCN(c2ncc(C(F)(F)F)cc2F)C/C1=C(/C)C(=C)c1cc[nH]c1/C(Cl)=C\F. The minimum Gasteiger partial charge on any atom is -0.360 e. The van der Waals surface area contributed by atoms with Crippen LogP contribution >= 0.6 is 11.6 Å². The van der Waals surface area contributed by atoms with Crippen molar-refractivity contribution in [2.75, 3.05) is 18.0 Å². The summed E-state index contributed by atoms with van der Waals surface area (Å²) in [7, 11) is 0. The van der Waals surface area contributed by atoms with Gasteiger partial charge in [0, 0.05) is 31.0 Å². The Hall–Kier alpha value is -2.87. The maximum Gasteiger partial charge on any atom is 0.417 e. The van der Waals surface area contributed by atoms with Crippen molar-refractivity contribution in [3.8, 4) is 0 Å². The van der Waals surface area contributed by atoms with Crippen LogP contribution in [0.4, 0.5) is 27.8 Å². The molecule has 31 heavy (non-hydrogen) atoms. The van der Waals surface area contributed by atoms with Crippen LogP contribution in [0, 0.1) is 5.82 Å². The highest BCUT2D eigenvalue weighted by molar-refractivity contribution is 6.48. The smallest absolute Gasteiger partial charge is 0.360 e. The summed E-state index contributed by atoms with van der Waals surface area (Å²) in [6.07, 6.45) is -1.72. The van der Waals surface area contributed by atoms with Gasteiger partial charge in [0.25, 0.3) is 0 Å². The van der Waals surface area contributed by atoms with Crippen LogP contribution in [0.15, 0.2) is 60.7 Å². The van der Waals surface area contributed by atoms with Crippen LogP contribution < -0.4 is 4.90 Å². The molecule has 3 heterocycles. The number of aromatic amines is 1. The fraction of sp³-hybridized carbons (Fsp3) is 0.227. The van der Waals surface area contributed by atoms with Crippen molar-refractivity contribution in [2.45, 2.75) is 19.5 Å². The van der Waals surface area contributed by atoms with Crippen LogP contribution in [0.25, 0.3) is 10.6 Å². The minimum atomic E-state index is -4.68. The number of H-pyrrole nitrogens is 1. The molecule has 1 aliphatic rings. The zero-order chi connectivity index (χ0) is 22.9. The molecule has 2 aromatic rings. The molecule has 0 radical (unpaired) electrons. The molecule has 0 spiro atoms. The lowest BCUT2D eigenvalue weighted by molar-refractivity contribution is -0.138. The van der Waals surface area contributed by atoms with Gasteiger partial charge in [0.1, 0.15) is 6.33 Å². The van der Waals surface area contributed by atoms with E-state index >= 15 is 0 Å². The molecule has 0 bridgehead atoms. The summed E-state index contributed by atoms with van der Waals surface area (Å²) in [4.78, 5) is 8.13. The molecule has 0 saturated carbocycles. The van der Waals surface area contributed by atoms with E-state index in [2.05, 4.69) is 23.1 Å².